The van der Waals surface area contributed by atoms with Gasteiger partial charge in [0, 0.05) is 36.5 Å². The Morgan fingerprint density at radius 1 is 0.862 bits per heavy atom. The molecule has 3 N–H and O–H groups in total. The third-order valence-corrected chi connectivity index (χ3v) is 8.71. The first-order valence-electron chi connectivity index (χ1n) is 12.3. The molecule has 0 radical (unpaired) electrons. The Morgan fingerprint density at radius 3 is 2.59 bits per heavy atom. The quantitative estimate of drug-likeness (QED) is 0.570. The molecule has 1 spiro atoms. The van der Waals surface area contributed by atoms with E-state index in [0.29, 0.717) is 24.0 Å². The van der Waals surface area contributed by atoms with Gasteiger partial charge in [0.25, 0.3) is 0 Å². The Balaban J connectivity index is 1.30. The van der Waals surface area contributed by atoms with Gasteiger partial charge in [0.1, 0.15) is 6.23 Å². The van der Waals surface area contributed by atoms with E-state index < -0.39 is 0 Å². The molecule has 6 atom stereocenters. The fourth-order valence-corrected chi connectivity index (χ4v) is 7.05. The molecule has 4 saturated heterocycles. The Kier molecular flexibility index (Phi) is 6.47. The summed E-state index contributed by atoms with van der Waals surface area (Å²) in [6.07, 6.45) is 9.31. The van der Waals surface area contributed by atoms with Crippen LogP contribution in [0.4, 0.5) is 0 Å². The minimum Gasteiger partial charge on any atom is -0.378 e. The van der Waals surface area contributed by atoms with Crippen molar-refractivity contribution < 1.29 is 14.2 Å². The summed E-state index contributed by atoms with van der Waals surface area (Å²) in [5.41, 5.74) is 0.0937. The van der Waals surface area contributed by atoms with Gasteiger partial charge in [-0.2, -0.15) is 0 Å². The molecule has 6 heteroatoms. The lowest BCUT2D eigenvalue weighted by Gasteiger charge is -2.45. The molecular formula is C23H41N3O3. The van der Waals surface area contributed by atoms with Gasteiger partial charge in [-0.3, -0.25) is 5.32 Å². The van der Waals surface area contributed by atoms with Gasteiger partial charge < -0.3 is 24.8 Å². The maximum Gasteiger partial charge on any atom is 0.111 e. The van der Waals surface area contributed by atoms with Crippen molar-refractivity contribution in [2.24, 2.45) is 23.7 Å². The van der Waals surface area contributed by atoms with Gasteiger partial charge in [-0.15, -0.1) is 0 Å². The number of rotatable bonds is 0. The van der Waals surface area contributed by atoms with Crippen LogP contribution in [-0.4, -0.2) is 70.0 Å². The van der Waals surface area contributed by atoms with Crippen LogP contribution in [0.2, 0.25) is 0 Å². The summed E-state index contributed by atoms with van der Waals surface area (Å²) in [6, 6.07) is 0.487. The lowest BCUT2D eigenvalue weighted by molar-refractivity contribution is -0.0905. The molecular weight excluding hydrogens is 366 g/mol. The van der Waals surface area contributed by atoms with Gasteiger partial charge in [-0.1, -0.05) is 6.92 Å². The average molecular weight is 408 g/mol. The summed E-state index contributed by atoms with van der Waals surface area (Å²) < 4.78 is 19.0. The van der Waals surface area contributed by atoms with Crippen LogP contribution >= 0.6 is 0 Å². The predicted octanol–water partition coefficient (Wildman–Crippen LogP) is 1.89. The number of hydrogen-bond donors (Lipinski definition) is 3. The first kappa shape index (κ1) is 20.7. The van der Waals surface area contributed by atoms with Crippen molar-refractivity contribution in [3.8, 4) is 0 Å². The Hall–Kier alpha value is -0.240. The highest BCUT2D eigenvalue weighted by molar-refractivity contribution is 5.07. The Labute approximate surface area is 176 Å². The number of morpholine rings is 1. The maximum absolute atomic E-state index is 6.60. The van der Waals surface area contributed by atoms with E-state index in [2.05, 4.69) is 22.9 Å². The summed E-state index contributed by atoms with van der Waals surface area (Å²) >= 11 is 0. The third kappa shape index (κ3) is 4.26. The molecule has 29 heavy (non-hydrogen) atoms. The highest BCUT2D eigenvalue weighted by Gasteiger charge is 2.50. The van der Waals surface area contributed by atoms with E-state index in [0.717, 1.165) is 57.9 Å². The molecule has 2 saturated carbocycles. The van der Waals surface area contributed by atoms with Crippen LogP contribution in [0.3, 0.4) is 0 Å². The summed E-state index contributed by atoms with van der Waals surface area (Å²) in [7, 11) is 0. The molecule has 2 bridgehead atoms. The number of fused-ring (bicyclic) bond motifs is 6. The van der Waals surface area contributed by atoms with E-state index in [9.17, 15) is 0 Å². The lowest BCUT2D eigenvalue weighted by Crippen LogP contribution is -2.60. The number of hydrogen-bond acceptors (Lipinski definition) is 6. The molecule has 6 fully saturated rings. The fourth-order valence-electron chi connectivity index (χ4n) is 7.05. The Bertz CT molecular complexity index is 533. The first-order valence-corrected chi connectivity index (χ1v) is 12.3. The molecule has 0 aromatic carbocycles. The van der Waals surface area contributed by atoms with Crippen molar-refractivity contribution in [2.45, 2.75) is 75.8 Å². The standard InChI is InChI=1S/C23H41N3O3/c1-16-7-9-25-22-21(16)17-2-4-18(5-3-17)29-14-19-20(24-10-13-28-22)6-8-23(19)15-27-12-11-26-23/h16-22,24-26H,2-15H2,1H3/t16?,17?,18?,19-,20?,21?,22?,23-/m0/s1. The van der Waals surface area contributed by atoms with E-state index in [-0.39, 0.29) is 11.8 Å². The molecule has 2 aliphatic carbocycles. The molecule has 4 aliphatic heterocycles. The van der Waals surface area contributed by atoms with Crippen molar-refractivity contribution in [3.63, 3.8) is 0 Å². The van der Waals surface area contributed by atoms with Gasteiger partial charge in [0.15, 0.2) is 0 Å². The van der Waals surface area contributed by atoms with Crippen LogP contribution in [0.1, 0.15) is 51.9 Å². The van der Waals surface area contributed by atoms with E-state index in [4.69, 9.17) is 14.2 Å². The second kappa shape index (κ2) is 9.09. The van der Waals surface area contributed by atoms with Crippen molar-refractivity contribution in [3.05, 3.63) is 0 Å². The molecule has 6 nitrogen and oxygen atoms in total. The van der Waals surface area contributed by atoms with Gasteiger partial charge in [-0.25, -0.2) is 0 Å². The number of piperidine rings is 1. The van der Waals surface area contributed by atoms with Crippen LogP contribution in [0.25, 0.3) is 0 Å². The summed E-state index contributed by atoms with van der Waals surface area (Å²) in [4.78, 5) is 0. The van der Waals surface area contributed by atoms with Crippen LogP contribution in [0.15, 0.2) is 0 Å². The van der Waals surface area contributed by atoms with Crippen molar-refractivity contribution in [1.82, 2.24) is 16.0 Å². The van der Waals surface area contributed by atoms with E-state index in [1.54, 1.807) is 0 Å². The molecule has 4 unspecified atom stereocenters. The van der Waals surface area contributed by atoms with Gasteiger partial charge in [0.2, 0.25) is 0 Å². The van der Waals surface area contributed by atoms with Gasteiger partial charge in [0.05, 0.1) is 32.5 Å². The number of ether oxygens (including phenoxy) is 3. The highest BCUT2D eigenvalue weighted by Crippen LogP contribution is 2.42. The second-order valence-corrected chi connectivity index (χ2v) is 10.3. The third-order valence-electron chi connectivity index (χ3n) is 8.71. The highest BCUT2D eigenvalue weighted by atomic mass is 16.5. The molecule has 6 aliphatic rings. The van der Waals surface area contributed by atoms with Crippen LogP contribution in [0, 0.1) is 23.7 Å². The summed E-state index contributed by atoms with van der Waals surface area (Å²) in [6.45, 7) is 8.72. The zero-order chi connectivity index (χ0) is 19.7. The van der Waals surface area contributed by atoms with Crippen LogP contribution < -0.4 is 16.0 Å². The molecule has 166 valence electrons. The van der Waals surface area contributed by atoms with Gasteiger partial charge in [-0.05, 0) is 63.3 Å². The summed E-state index contributed by atoms with van der Waals surface area (Å²) in [5, 5.41) is 11.4. The van der Waals surface area contributed by atoms with E-state index >= 15 is 0 Å². The Morgan fingerprint density at radius 2 is 1.76 bits per heavy atom. The topological polar surface area (TPSA) is 63.8 Å². The van der Waals surface area contributed by atoms with Crippen molar-refractivity contribution >= 4 is 0 Å². The average Bonchev–Trinajstić information content (AvgIpc) is 3.07. The van der Waals surface area contributed by atoms with E-state index in [1.807, 2.05) is 0 Å². The monoisotopic (exact) mass is 407 g/mol. The largest absolute Gasteiger partial charge is 0.378 e. The normalized spacial score (nSPS) is 49.3. The molecule has 0 aromatic rings. The zero-order valence-electron chi connectivity index (χ0n) is 18.2. The smallest absolute Gasteiger partial charge is 0.111 e. The second-order valence-electron chi connectivity index (χ2n) is 10.3. The van der Waals surface area contributed by atoms with Crippen molar-refractivity contribution in [2.75, 3.05) is 46.1 Å². The summed E-state index contributed by atoms with van der Waals surface area (Å²) in [5.74, 6) is 2.65. The fraction of sp³-hybridized carbons (Fsp3) is 1.00. The maximum atomic E-state index is 6.60. The number of nitrogens with one attached hydrogen (secondary N) is 3. The molecule has 0 amide bonds. The predicted molar refractivity (Wildman–Crippen MR) is 113 cm³/mol. The SMILES string of the molecule is CC1CCNC2OCCNC3CC[C@]4(COCCN4)[C@H]3COC3CCC(CC3)C12. The minimum atomic E-state index is 0.0937. The molecule has 4 heterocycles. The van der Waals surface area contributed by atoms with Crippen molar-refractivity contribution in [1.29, 1.82) is 0 Å². The molecule has 0 aromatic heterocycles. The first-order chi connectivity index (χ1) is 14.3. The van der Waals surface area contributed by atoms with Gasteiger partial charge >= 0.3 is 0 Å². The lowest BCUT2D eigenvalue weighted by atomic mass is 9.71. The van der Waals surface area contributed by atoms with Crippen LogP contribution in [0.5, 0.6) is 0 Å². The zero-order valence-corrected chi connectivity index (χ0v) is 18.2. The minimum absolute atomic E-state index is 0.0937. The van der Waals surface area contributed by atoms with Crippen LogP contribution in [-0.2, 0) is 14.2 Å². The van der Waals surface area contributed by atoms with E-state index in [1.165, 1.54) is 44.9 Å². The molecule has 6 rings (SSSR count).